The Kier molecular flexibility index (Phi) is 3.97. The van der Waals surface area contributed by atoms with Gasteiger partial charge in [0.25, 0.3) is 0 Å². The number of carbonyl (C=O) groups excluding carboxylic acids is 1. The molecule has 1 heterocycles. The molecule has 3 nitrogen and oxygen atoms in total. The molecule has 22 heavy (non-hydrogen) atoms. The van der Waals surface area contributed by atoms with Gasteiger partial charge in [0, 0.05) is 42.8 Å². The molecule has 1 saturated carbocycles. The molecule has 1 saturated heterocycles. The van der Waals surface area contributed by atoms with Crippen molar-refractivity contribution in [2.75, 3.05) is 31.1 Å². The summed E-state index contributed by atoms with van der Waals surface area (Å²) in [5.74, 6) is 0.291. The fourth-order valence-electron chi connectivity index (χ4n) is 2.77. The summed E-state index contributed by atoms with van der Waals surface area (Å²) in [4.78, 5) is 15.4. The molecule has 0 spiro atoms. The van der Waals surface area contributed by atoms with Gasteiger partial charge in [-0.15, -0.1) is 0 Å². The molecule has 1 aliphatic carbocycles. The minimum absolute atomic E-state index is 0.0682. The second-order valence-corrected chi connectivity index (χ2v) is 6.18. The van der Waals surface area contributed by atoms with Gasteiger partial charge in [0.05, 0.1) is 5.56 Å². The average molecular weight is 333 g/mol. The lowest BCUT2D eigenvalue weighted by Gasteiger charge is -2.37. The topological polar surface area (TPSA) is 23.6 Å². The second-order valence-electron chi connectivity index (χ2n) is 5.75. The summed E-state index contributed by atoms with van der Waals surface area (Å²) in [6.07, 6.45) is -2.57. The number of halogens is 4. The molecule has 2 fully saturated rings. The molecule has 0 bridgehead atoms. The first kappa shape index (κ1) is 15.5. The van der Waals surface area contributed by atoms with E-state index in [9.17, 15) is 18.0 Å². The van der Waals surface area contributed by atoms with E-state index in [0.717, 1.165) is 18.9 Å². The van der Waals surface area contributed by atoms with Crippen LogP contribution in [0.1, 0.15) is 18.4 Å². The van der Waals surface area contributed by atoms with Gasteiger partial charge in [-0.25, -0.2) is 0 Å². The van der Waals surface area contributed by atoms with Crippen LogP contribution in [0.4, 0.5) is 18.9 Å². The van der Waals surface area contributed by atoms with Crippen molar-refractivity contribution in [3.8, 4) is 0 Å². The maximum absolute atomic E-state index is 13.2. The number of alkyl halides is 3. The minimum atomic E-state index is -4.44. The summed E-state index contributed by atoms with van der Waals surface area (Å²) in [5.41, 5.74) is -0.586. The van der Waals surface area contributed by atoms with Gasteiger partial charge in [-0.2, -0.15) is 13.2 Å². The number of anilines is 1. The lowest BCUT2D eigenvalue weighted by atomic mass is 10.1. The largest absolute Gasteiger partial charge is 0.418 e. The lowest BCUT2D eigenvalue weighted by Crippen LogP contribution is -2.49. The number of hydrogen-bond acceptors (Lipinski definition) is 2. The number of amides is 1. The highest BCUT2D eigenvalue weighted by Crippen LogP contribution is 2.38. The summed E-state index contributed by atoms with van der Waals surface area (Å²) in [6, 6.07) is 3.83. The van der Waals surface area contributed by atoms with Crippen LogP contribution in [0.5, 0.6) is 0 Å². The zero-order valence-corrected chi connectivity index (χ0v) is 12.6. The van der Waals surface area contributed by atoms with E-state index in [4.69, 9.17) is 11.6 Å². The van der Waals surface area contributed by atoms with Crippen molar-refractivity contribution < 1.29 is 18.0 Å². The van der Waals surface area contributed by atoms with Gasteiger partial charge in [0.15, 0.2) is 0 Å². The highest BCUT2D eigenvalue weighted by atomic mass is 35.5. The van der Waals surface area contributed by atoms with Crippen molar-refractivity contribution in [1.29, 1.82) is 0 Å². The van der Waals surface area contributed by atoms with E-state index in [-0.39, 0.29) is 22.5 Å². The third kappa shape index (κ3) is 3.16. The third-order valence-electron chi connectivity index (χ3n) is 4.12. The van der Waals surface area contributed by atoms with Gasteiger partial charge in [0.1, 0.15) is 0 Å². The number of hydrogen-bond donors (Lipinski definition) is 0. The van der Waals surface area contributed by atoms with Gasteiger partial charge < -0.3 is 9.80 Å². The molecular formula is C15H16ClF3N2O. The summed E-state index contributed by atoms with van der Waals surface area (Å²) >= 11 is 5.70. The second kappa shape index (κ2) is 5.65. The Balaban J connectivity index is 1.74. The Hall–Kier alpha value is -1.43. The predicted octanol–water partition coefficient (Wildman–Crippen LogP) is 3.42. The van der Waals surface area contributed by atoms with Crippen molar-refractivity contribution >= 4 is 23.2 Å². The zero-order chi connectivity index (χ0) is 15.9. The first-order valence-electron chi connectivity index (χ1n) is 7.27. The summed E-state index contributed by atoms with van der Waals surface area (Å²) < 4.78 is 39.5. The van der Waals surface area contributed by atoms with E-state index in [1.54, 1.807) is 9.80 Å². The highest BCUT2D eigenvalue weighted by molar-refractivity contribution is 6.30. The first-order valence-corrected chi connectivity index (χ1v) is 7.64. The van der Waals surface area contributed by atoms with Gasteiger partial charge in [-0.1, -0.05) is 11.6 Å². The average Bonchev–Trinajstić information content (AvgIpc) is 3.30. The molecule has 3 rings (SSSR count). The molecular weight excluding hydrogens is 317 g/mol. The van der Waals surface area contributed by atoms with Crippen LogP contribution in [0.3, 0.4) is 0 Å². The fraction of sp³-hybridized carbons (Fsp3) is 0.533. The number of rotatable bonds is 2. The molecule has 1 aromatic rings. The molecule has 7 heteroatoms. The van der Waals surface area contributed by atoms with E-state index in [2.05, 4.69) is 0 Å². The quantitative estimate of drug-likeness (QED) is 0.828. The standard InChI is InChI=1S/C15H16ClF3N2O/c16-11-3-4-13(12(9-11)15(17,18)19)20-5-7-21(8-6-20)14(22)10-1-2-10/h3-4,9-10H,1-2,5-8H2. The smallest absolute Gasteiger partial charge is 0.367 e. The Morgan fingerprint density at radius 1 is 1.14 bits per heavy atom. The van der Waals surface area contributed by atoms with E-state index in [1.807, 2.05) is 0 Å². The van der Waals surface area contributed by atoms with Gasteiger partial charge in [-0.3, -0.25) is 4.79 Å². The first-order chi connectivity index (χ1) is 10.4. The summed E-state index contributed by atoms with van der Waals surface area (Å²) in [6.45, 7) is 1.75. The molecule has 0 aromatic heterocycles. The predicted molar refractivity (Wildman–Crippen MR) is 78.0 cm³/mol. The monoisotopic (exact) mass is 332 g/mol. The minimum Gasteiger partial charge on any atom is -0.367 e. The third-order valence-corrected chi connectivity index (χ3v) is 4.36. The van der Waals surface area contributed by atoms with E-state index < -0.39 is 11.7 Å². The van der Waals surface area contributed by atoms with Crippen molar-refractivity contribution in [2.45, 2.75) is 19.0 Å². The van der Waals surface area contributed by atoms with E-state index in [0.29, 0.717) is 26.2 Å². The van der Waals surface area contributed by atoms with Crippen LogP contribution in [0.15, 0.2) is 18.2 Å². The highest BCUT2D eigenvalue weighted by Gasteiger charge is 2.37. The van der Waals surface area contributed by atoms with Crippen LogP contribution in [-0.4, -0.2) is 37.0 Å². The Labute approximate surface area is 131 Å². The fourth-order valence-corrected chi connectivity index (χ4v) is 2.94. The van der Waals surface area contributed by atoms with Gasteiger partial charge in [-0.05, 0) is 31.0 Å². The number of piperazine rings is 1. The molecule has 0 N–H and O–H groups in total. The molecule has 1 amide bonds. The van der Waals surface area contributed by atoms with Crippen molar-refractivity contribution in [3.05, 3.63) is 28.8 Å². The molecule has 0 unspecified atom stereocenters. The number of carbonyl (C=O) groups is 1. The van der Waals surface area contributed by atoms with Crippen LogP contribution in [0, 0.1) is 5.92 Å². The summed E-state index contributed by atoms with van der Waals surface area (Å²) in [5, 5.41) is 0.0682. The van der Waals surface area contributed by atoms with E-state index >= 15 is 0 Å². The number of benzene rings is 1. The van der Waals surface area contributed by atoms with Crippen molar-refractivity contribution in [2.24, 2.45) is 5.92 Å². The normalized spacial score (nSPS) is 19.5. The molecule has 2 aliphatic rings. The van der Waals surface area contributed by atoms with E-state index in [1.165, 1.54) is 12.1 Å². The molecule has 1 aromatic carbocycles. The lowest BCUT2D eigenvalue weighted by molar-refractivity contribution is -0.137. The molecule has 1 aliphatic heterocycles. The Bertz CT molecular complexity index is 579. The number of nitrogens with zero attached hydrogens (tertiary/aromatic N) is 2. The maximum atomic E-state index is 13.2. The van der Waals surface area contributed by atoms with Crippen LogP contribution >= 0.6 is 11.6 Å². The SMILES string of the molecule is O=C(C1CC1)N1CCN(c2ccc(Cl)cc2C(F)(F)F)CC1. The van der Waals surface area contributed by atoms with Crippen LogP contribution in [0.25, 0.3) is 0 Å². The van der Waals surface area contributed by atoms with Gasteiger partial charge >= 0.3 is 6.18 Å². The maximum Gasteiger partial charge on any atom is 0.418 e. The van der Waals surface area contributed by atoms with Gasteiger partial charge in [0.2, 0.25) is 5.91 Å². The molecule has 0 atom stereocenters. The zero-order valence-electron chi connectivity index (χ0n) is 11.9. The van der Waals surface area contributed by atoms with Crippen LogP contribution in [-0.2, 0) is 11.0 Å². The van der Waals surface area contributed by atoms with Crippen molar-refractivity contribution in [3.63, 3.8) is 0 Å². The molecule has 120 valence electrons. The molecule has 0 radical (unpaired) electrons. The summed E-state index contributed by atoms with van der Waals surface area (Å²) in [7, 11) is 0. The van der Waals surface area contributed by atoms with Crippen molar-refractivity contribution in [1.82, 2.24) is 4.90 Å². The van der Waals surface area contributed by atoms with Crippen LogP contribution in [0.2, 0.25) is 5.02 Å². The Morgan fingerprint density at radius 3 is 2.32 bits per heavy atom. The Morgan fingerprint density at radius 2 is 1.77 bits per heavy atom. The van der Waals surface area contributed by atoms with Crippen LogP contribution < -0.4 is 4.90 Å².